The van der Waals surface area contributed by atoms with Gasteiger partial charge < -0.3 is 10.1 Å². The third kappa shape index (κ3) is 3.34. The molecule has 0 saturated carbocycles. The van der Waals surface area contributed by atoms with Crippen LogP contribution in [0.4, 0.5) is 0 Å². The summed E-state index contributed by atoms with van der Waals surface area (Å²) in [5.41, 5.74) is 1.13. The molecule has 1 N–H and O–H groups in total. The minimum atomic E-state index is 0.699. The maximum atomic E-state index is 5.49. The maximum Gasteiger partial charge on any atom is 0.126 e. The fraction of sp³-hybridized carbons (Fsp3) is 0.545. The Morgan fingerprint density at radius 2 is 2.29 bits per heavy atom. The van der Waals surface area contributed by atoms with Gasteiger partial charge in [-0.2, -0.15) is 0 Å². The predicted molar refractivity (Wildman–Crippen MR) is 57.4 cm³/mol. The van der Waals surface area contributed by atoms with E-state index < -0.39 is 0 Å². The van der Waals surface area contributed by atoms with Gasteiger partial charge in [0.1, 0.15) is 5.75 Å². The van der Waals surface area contributed by atoms with Crippen LogP contribution in [0.15, 0.2) is 18.5 Å². The van der Waals surface area contributed by atoms with Gasteiger partial charge in [-0.15, -0.1) is 0 Å². The number of hydrogen-bond acceptors (Lipinski definition) is 3. The number of pyridine rings is 1. The van der Waals surface area contributed by atoms with Crippen molar-refractivity contribution in [2.24, 2.45) is 0 Å². The van der Waals surface area contributed by atoms with Crippen LogP contribution < -0.4 is 10.1 Å². The van der Waals surface area contributed by atoms with E-state index in [1.54, 1.807) is 6.20 Å². The third-order valence-corrected chi connectivity index (χ3v) is 1.90. The highest BCUT2D eigenvalue weighted by Gasteiger charge is 2.01. The van der Waals surface area contributed by atoms with Gasteiger partial charge in [-0.3, -0.25) is 4.98 Å². The molecule has 3 nitrogen and oxygen atoms in total. The number of nitrogens with one attached hydrogen (secondary N) is 1. The van der Waals surface area contributed by atoms with Crippen LogP contribution in [0.3, 0.4) is 0 Å². The average Bonchev–Trinajstić information content (AvgIpc) is 2.21. The van der Waals surface area contributed by atoms with Crippen molar-refractivity contribution in [1.82, 2.24) is 10.3 Å². The quantitative estimate of drug-likeness (QED) is 0.703. The zero-order valence-electron chi connectivity index (χ0n) is 8.92. The smallest absolute Gasteiger partial charge is 0.126 e. The zero-order valence-corrected chi connectivity index (χ0v) is 8.92. The first-order chi connectivity index (χ1) is 6.88. The molecule has 1 aromatic rings. The molecule has 0 fully saturated rings. The van der Waals surface area contributed by atoms with Crippen LogP contribution >= 0.6 is 0 Å². The molecule has 0 aliphatic carbocycles. The number of nitrogens with zero attached hydrogens (tertiary/aromatic N) is 1. The number of aromatic nitrogens is 1. The van der Waals surface area contributed by atoms with Crippen molar-refractivity contribution in [2.45, 2.75) is 26.8 Å². The van der Waals surface area contributed by atoms with E-state index in [0.29, 0.717) is 6.61 Å². The Labute approximate surface area is 85.5 Å². The Hall–Kier alpha value is -1.09. The second kappa shape index (κ2) is 6.38. The van der Waals surface area contributed by atoms with E-state index in [9.17, 15) is 0 Å². The van der Waals surface area contributed by atoms with Crippen LogP contribution in [0.2, 0.25) is 0 Å². The third-order valence-electron chi connectivity index (χ3n) is 1.90. The van der Waals surface area contributed by atoms with Crippen LogP contribution in [0.25, 0.3) is 0 Å². The summed E-state index contributed by atoms with van der Waals surface area (Å²) in [4.78, 5) is 4.09. The van der Waals surface area contributed by atoms with Crippen LogP contribution in [-0.2, 0) is 6.54 Å². The van der Waals surface area contributed by atoms with Crippen LogP contribution in [0.1, 0.15) is 25.8 Å². The van der Waals surface area contributed by atoms with Gasteiger partial charge in [0.15, 0.2) is 0 Å². The summed E-state index contributed by atoms with van der Waals surface area (Å²) in [6, 6.07) is 1.91. The molecule has 1 aromatic heterocycles. The van der Waals surface area contributed by atoms with Crippen molar-refractivity contribution in [2.75, 3.05) is 13.2 Å². The highest BCUT2D eigenvalue weighted by atomic mass is 16.5. The molecule has 0 atom stereocenters. The van der Waals surface area contributed by atoms with Crippen LogP contribution in [0.5, 0.6) is 5.75 Å². The SMILES string of the molecule is CCCNCc1cnccc1OCC. The van der Waals surface area contributed by atoms with Crippen molar-refractivity contribution >= 4 is 0 Å². The molecule has 78 valence electrons. The lowest BCUT2D eigenvalue weighted by atomic mass is 10.2. The molecular weight excluding hydrogens is 176 g/mol. The molecule has 0 aliphatic heterocycles. The topological polar surface area (TPSA) is 34.2 Å². The second-order valence-corrected chi connectivity index (χ2v) is 3.09. The molecule has 0 bridgehead atoms. The largest absolute Gasteiger partial charge is 0.493 e. The van der Waals surface area contributed by atoms with Crippen molar-refractivity contribution in [3.63, 3.8) is 0 Å². The highest BCUT2D eigenvalue weighted by molar-refractivity contribution is 5.29. The van der Waals surface area contributed by atoms with Gasteiger partial charge in [-0.05, 0) is 26.0 Å². The minimum Gasteiger partial charge on any atom is -0.493 e. The van der Waals surface area contributed by atoms with E-state index in [0.717, 1.165) is 30.8 Å². The number of ether oxygens (including phenoxy) is 1. The normalized spacial score (nSPS) is 10.1. The van der Waals surface area contributed by atoms with Crippen molar-refractivity contribution < 1.29 is 4.74 Å². The lowest BCUT2D eigenvalue weighted by molar-refractivity contribution is 0.335. The van der Waals surface area contributed by atoms with E-state index >= 15 is 0 Å². The molecule has 14 heavy (non-hydrogen) atoms. The molecule has 0 saturated heterocycles. The van der Waals surface area contributed by atoms with Crippen molar-refractivity contribution in [3.8, 4) is 5.75 Å². The minimum absolute atomic E-state index is 0.699. The summed E-state index contributed by atoms with van der Waals surface area (Å²) in [6.07, 6.45) is 4.76. The molecule has 0 unspecified atom stereocenters. The molecule has 1 rings (SSSR count). The highest BCUT2D eigenvalue weighted by Crippen LogP contribution is 2.15. The molecular formula is C11H18N2O. The van der Waals surface area contributed by atoms with E-state index in [-0.39, 0.29) is 0 Å². The molecule has 0 spiro atoms. The Balaban J connectivity index is 2.55. The summed E-state index contributed by atoms with van der Waals surface area (Å²) in [6.45, 7) is 6.70. The van der Waals surface area contributed by atoms with Crippen LogP contribution in [-0.4, -0.2) is 18.1 Å². The van der Waals surface area contributed by atoms with E-state index in [1.165, 1.54) is 0 Å². The molecule has 3 heteroatoms. The lowest BCUT2D eigenvalue weighted by Gasteiger charge is -2.09. The van der Waals surface area contributed by atoms with Crippen molar-refractivity contribution in [3.05, 3.63) is 24.0 Å². The zero-order chi connectivity index (χ0) is 10.2. The fourth-order valence-electron chi connectivity index (χ4n) is 1.24. The lowest BCUT2D eigenvalue weighted by Crippen LogP contribution is -2.14. The maximum absolute atomic E-state index is 5.49. The van der Waals surface area contributed by atoms with Gasteiger partial charge in [0.2, 0.25) is 0 Å². The van der Waals surface area contributed by atoms with E-state index in [2.05, 4.69) is 17.2 Å². The Bertz CT molecular complexity index is 263. The molecule has 0 aliphatic rings. The van der Waals surface area contributed by atoms with Gasteiger partial charge >= 0.3 is 0 Å². The van der Waals surface area contributed by atoms with Crippen LogP contribution in [0, 0.1) is 0 Å². The second-order valence-electron chi connectivity index (χ2n) is 3.09. The summed E-state index contributed by atoms with van der Waals surface area (Å²) in [5, 5.41) is 3.33. The van der Waals surface area contributed by atoms with Gasteiger partial charge in [0.05, 0.1) is 6.61 Å². The molecule has 1 heterocycles. The number of hydrogen-bond donors (Lipinski definition) is 1. The van der Waals surface area contributed by atoms with E-state index in [4.69, 9.17) is 4.74 Å². The molecule has 0 aromatic carbocycles. The van der Waals surface area contributed by atoms with Crippen molar-refractivity contribution in [1.29, 1.82) is 0 Å². The van der Waals surface area contributed by atoms with Gasteiger partial charge in [-0.25, -0.2) is 0 Å². The standard InChI is InChI=1S/C11H18N2O/c1-3-6-12-8-10-9-13-7-5-11(10)14-4-2/h5,7,9,12H,3-4,6,8H2,1-2H3. The first kappa shape index (κ1) is 11.0. The summed E-state index contributed by atoms with van der Waals surface area (Å²) in [5.74, 6) is 0.936. The Kier molecular flexibility index (Phi) is 5.00. The average molecular weight is 194 g/mol. The van der Waals surface area contributed by atoms with Gasteiger partial charge in [-0.1, -0.05) is 6.92 Å². The number of rotatable bonds is 6. The summed E-state index contributed by atoms with van der Waals surface area (Å²) < 4.78 is 5.49. The summed E-state index contributed by atoms with van der Waals surface area (Å²) >= 11 is 0. The van der Waals surface area contributed by atoms with E-state index in [1.807, 2.05) is 19.2 Å². The summed E-state index contributed by atoms with van der Waals surface area (Å²) in [7, 11) is 0. The monoisotopic (exact) mass is 194 g/mol. The molecule has 0 radical (unpaired) electrons. The van der Waals surface area contributed by atoms with Gasteiger partial charge in [0.25, 0.3) is 0 Å². The first-order valence-corrected chi connectivity index (χ1v) is 5.14. The predicted octanol–water partition coefficient (Wildman–Crippen LogP) is 1.98. The first-order valence-electron chi connectivity index (χ1n) is 5.14. The Morgan fingerprint density at radius 3 is 3.00 bits per heavy atom. The Morgan fingerprint density at radius 1 is 1.43 bits per heavy atom. The fourth-order valence-corrected chi connectivity index (χ4v) is 1.24. The molecule has 0 amide bonds. The van der Waals surface area contributed by atoms with Gasteiger partial charge in [0, 0.05) is 24.5 Å².